The molecular formula is C11H18N4O3. The van der Waals surface area contributed by atoms with Gasteiger partial charge in [0.15, 0.2) is 0 Å². The number of nitrogens with two attached hydrogens (primary N) is 1. The molecular weight excluding hydrogens is 236 g/mol. The van der Waals surface area contributed by atoms with Gasteiger partial charge in [0.25, 0.3) is 0 Å². The third-order valence-corrected chi connectivity index (χ3v) is 2.74. The molecule has 3 N–H and O–H groups in total. The summed E-state index contributed by atoms with van der Waals surface area (Å²) in [4.78, 5) is 19.6. The van der Waals surface area contributed by atoms with Gasteiger partial charge in [-0.3, -0.25) is 4.79 Å². The maximum atomic E-state index is 11.4. The minimum Gasteiger partial charge on any atom is -0.481 e. The summed E-state index contributed by atoms with van der Waals surface area (Å²) in [7, 11) is 2.97. The molecule has 1 heterocycles. The Balaban J connectivity index is 3.06. The molecule has 1 unspecified atom stereocenters. The zero-order valence-corrected chi connectivity index (χ0v) is 11.0. The van der Waals surface area contributed by atoms with E-state index < -0.39 is 11.4 Å². The zero-order valence-electron chi connectivity index (χ0n) is 11.0. The molecule has 0 fully saturated rings. The van der Waals surface area contributed by atoms with Gasteiger partial charge in [0.2, 0.25) is 23.6 Å². The van der Waals surface area contributed by atoms with Gasteiger partial charge in [0.05, 0.1) is 20.3 Å². The maximum absolute atomic E-state index is 11.4. The van der Waals surface area contributed by atoms with Crippen LogP contribution in [0, 0.1) is 0 Å². The predicted molar refractivity (Wildman–Crippen MR) is 66.6 cm³/mol. The number of nitrogens with one attached hydrogen (secondary N) is 1. The van der Waals surface area contributed by atoms with Crippen molar-refractivity contribution in [2.24, 2.45) is 5.73 Å². The minimum atomic E-state index is -0.919. The number of methoxy groups -OCH3 is 2. The lowest BCUT2D eigenvalue weighted by Crippen LogP contribution is -2.47. The van der Waals surface area contributed by atoms with Crippen molar-refractivity contribution in [1.82, 2.24) is 9.97 Å². The molecule has 100 valence electrons. The Labute approximate surface area is 106 Å². The summed E-state index contributed by atoms with van der Waals surface area (Å²) in [5, 5.41) is 2.90. The quantitative estimate of drug-likeness (QED) is 0.769. The summed E-state index contributed by atoms with van der Waals surface area (Å²) in [5.74, 6) is 0.435. The lowest BCUT2D eigenvalue weighted by atomic mass is 9.98. The van der Waals surface area contributed by atoms with Gasteiger partial charge in [-0.25, -0.2) is 0 Å². The molecule has 1 amide bonds. The van der Waals surface area contributed by atoms with Crippen molar-refractivity contribution >= 4 is 11.9 Å². The predicted octanol–water partition coefficient (Wildman–Crippen LogP) is 0.560. The zero-order chi connectivity index (χ0) is 13.8. The summed E-state index contributed by atoms with van der Waals surface area (Å²) >= 11 is 0. The Hall–Kier alpha value is -2.05. The Morgan fingerprint density at radius 1 is 1.39 bits per heavy atom. The van der Waals surface area contributed by atoms with Crippen LogP contribution in [0.3, 0.4) is 0 Å². The molecule has 0 saturated carbocycles. The van der Waals surface area contributed by atoms with Crippen LogP contribution in [0.5, 0.6) is 11.8 Å². The number of nitrogens with zero attached hydrogens (tertiary/aromatic N) is 2. The first-order chi connectivity index (χ1) is 8.45. The van der Waals surface area contributed by atoms with Crippen LogP contribution in [-0.2, 0) is 4.79 Å². The third-order valence-electron chi connectivity index (χ3n) is 2.74. The second-order valence-corrected chi connectivity index (χ2v) is 3.95. The van der Waals surface area contributed by atoms with Gasteiger partial charge < -0.3 is 20.5 Å². The number of hydrogen-bond acceptors (Lipinski definition) is 6. The number of rotatable bonds is 6. The fraction of sp³-hybridized carbons (Fsp3) is 0.545. The van der Waals surface area contributed by atoms with Crippen LogP contribution in [0.2, 0.25) is 0 Å². The summed E-state index contributed by atoms with van der Waals surface area (Å²) in [6.45, 7) is 3.53. The van der Waals surface area contributed by atoms with Crippen LogP contribution >= 0.6 is 0 Å². The summed E-state index contributed by atoms with van der Waals surface area (Å²) in [6.07, 6.45) is 0.505. The van der Waals surface area contributed by atoms with E-state index in [-0.39, 0.29) is 5.95 Å². The second kappa shape index (κ2) is 5.52. The van der Waals surface area contributed by atoms with Crippen LogP contribution in [-0.4, -0.2) is 35.6 Å². The summed E-state index contributed by atoms with van der Waals surface area (Å²) in [5.41, 5.74) is 4.43. The monoisotopic (exact) mass is 254 g/mol. The van der Waals surface area contributed by atoms with Gasteiger partial charge in [-0.2, -0.15) is 9.97 Å². The molecule has 7 nitrogen and oxygen atoms in total. The smallest absolute Gasteiger partial charge is 0.242 e. The number of primary amides is 1. The van der Waals surface area contributed by atoms with E-state index >= 15 is 0 Å². The molecule has 0 aliphatic heterocycles. The molecule has 0 saturated heterocycles. The van der Waals surface area contributed by atoms with E-state index in [1.54, 1.807) is 13.0 Å². The fourth-order valence-electron chi connectivity index (χ4n) is 1.24. The first-order valence-corrected chi connectivity index (χ1v) is 5.50. The van der Waals surface area contributed by atoms with E-state index in [1.165, 1.54) is 14.2 Å². The van der Waals surface area contributed by atoms with Crippen molar-refractivity contribution in [3.63, 3.8) is 0 Å². The Kier molecular flexibility index (Phi) is 4.30. The summed E-state index contributed by atoms with van der Waals surface area (Å²) < 4.78 is 10.0. The largest absolute Gasteiger partial charge is 0.481 e. The number of amides is 1. The molecule has 0 aromatic carbocycles. The Morgan fingerprint density at radius 3 is 2.22 bits per heavy atom. The maximum Gasteiger partial charge on any atom is 0.242 e. The van der Waals surface area contributed by atoms with Crippen molar-refractivity contribution in [2.45, 2.75) is 25.8 Å². The Morgan fingerprint density at radius 2 is 1.89 bits per heavy atom. The van der Waals surface area contributed by atoms with E-state index in [4.69, 9.17) is 15.2 Å². The molecule has 1 aromatic heterocycles. The molecule has 1 aromatic rings. The van der Waals surface area contributed by atoms with Crippen LogP contribution in [0.1, 0.15) is 20.3 Å². The van der Waals surface area contributed by atoms with E-state index in [9.17, 15) is 4.79 Å². The highest BCUT2D eigenvalue weighted by Crippen LogP contribution is 2.21. The highest BCUT2D eigenvalue weighted by atomic mass is 16.5. The van der Waals surface area contributed by atoms with Crippen molar-refractivity contribution in [2.75, 3.05) is 19.5 Å². The van der Waals surface area contributed by atoms with Crippen molar-refractivity contribution in [3.05, 3.63) is 6.07 Å². The van der Waals surface area contributed by atoms with Crippen LogP contribution in [0.15, 0.2) is 6.07 Å². The standard InChI is InChI=1S/C11H18N4O3/c1-5-11(2,9(12)16)15-10-13-7(17-3)6-8(14-10)18-4/h6H,5H2,1-4H3,(H2,12,16)(H,13,14,15). The van der Waals surface area contributed by atoms with Crippen LogP contribution in [0.25, 0.3) is 0 Å². The Bertz CT molecular complexity index is 416. The topological polar surface area (TPSA) is 99.4 Å². The lowest BCUT2D eigenvalue weighted by molar-refractivity contribution is -0.121. The fourth-order valence-corrected chi connectivity index (χ4v) is 1.24. The van der Waals surface area contributed by atoms with Gasteiger partial charge in [-0.1, -0.05) is 6.92 Å². The van der Waals surface area contributed by atoms with Gasteiger partial charge in [-0.15, -0.1) is 0 Å². The number of carbonyl (C=O) groups is 1. The number of hydrogen-bond donors (Lipinski definition) is 2. The van der Waals surface area contributed by atoms with E-state index in [0.717, 1.165) is 0 Å². The van der Waals surface area contributed by atoms with Crippen molar-refractivity contribution in [3.8, 4) is 11.8 Å². The first-order valence-electron chi connectivity index (χ1n) is 5.50. The SMILES string of the molecule is CCC(C)(Nc1nc(OC)cc(OC)n1)C(N)=O. The average Bonchev–Trinajstić information content (AvgIpc) is 2.37. The van der Waals surface area contributed by atoms with Gasteiger partial charge >= 0.3 is 0 Å². The normalized spacial score (nSPS) is 13.6. The second-order valence-electron chi connectivity index (χ2n) is 3.95. The molecule has 18 heavy (non-hydrogen) atoms. The van der Waals surface area contributed by atoms with Crippen molar-refractivity contribution < 1.29 is 14.3 Å². The lowest BCUT2D eigenvalue weighted by Gasteiger charge is -2.25. The number of ether oxygens (including phenoxy) is 2. The molecule has 0 radical (unpaired) electrons. The van der Waals surface area contributed by atoms with Crippen LogP contribution in [0.4, 0.5) is 5.95 Å². The van der Waals surface area contributed by atoms with E-state index in [0.29, 0.717) is 18.2 Å². The molecule has 0 spiro atoms. The van der Waals surface area contributed by atoms with Crippen molar-refractivity contribution in [1.29, 1.82) is 0 Å². The number of anilines is 1. The first kappa shape index (κ1) is 14.0. The molecule has 1 rings (SSSR count). The number of aromatic nitrogens is 2. The summed E-state index contributed by atoms with van der Waals surface area (Å²) in [6, 6.07) is 1.54. The van der Waals surface area contributed by atoms with Gasteiger partial charge in [-0.05, 0) is 13.3 Å². The third kappa shape index (κ3) is 2.99. The highest BCUT2D eigenvalue weighted by molar-refractivity contribution is 5.86. The minimum absolute atomic E-state index is 0.231. The highest BCUT2D eigenvalue weighted by Gasteiger charge is 2.30. The average molecular weight is 254 g/mol. The van der Waals surface area contributed by atoms with E-state index in [1.807, 2.05) is 6.92 Å². The molecule has 1 atom stereocenters. The molecule has 0 bridgehead atoms. The molecule has 7 heteroatoms. The van der Waals surface area contributed by atoms with E-state index in [2.05, 4.69) is 15.3 Å². The molecule has 0 aliphatic rings. The number of carbonyl (C=O) groups excluding carboxylic acids is 1. The van der Waals surface area contributed by atoms with Crippen LogP contribution < -0.4 is 20.5 Å². The van der Waals surface area contributed by atoms with Gasteiger partial charge in [0.1, 0.15) is 5.54 Å². The molecule has 0 aliphatic carbocycles. The van der Waals surface area contributed by atoms with Gasteiger partial charge in [0, 0.05) is 0 Å².